The molecule has 0 aliphatic heterocycles. The van der Waals surface area contributed by atoms with Crippen molar-refractivity contribution in [3.63, 3.8) is 0 Å². The molecule has 0 aromatic carbocycles. The molecule has 5 aliphatic rings. The van der Waals surface area contributed by atoms with E-state index in [-0.39, 0.29) is 12.2 Å². The van der Waals surface area contributed by atoms with Crippen LogP contribution in [0.5, 0.6) is 0 Å². The fourth-order valence-electron chi connectivity index (χ4n) is 10.3. The summed E-state index contributed by atoms with van der Waals surface area (Å²) in [5.74, 6) is 4.35. The van der Waals surface area contributed by atoms with E-state index >= 15 is 0 Å². The molecule has 3 heteroatoms. The van der Waals surface area contributed by atoms with Gasteiger partial charge in [-0.05, 0) is 78.9 Å². The summed E-state index contributed by atoms with van der Waals surface area (Å²) in [5, 5.41) is 22.3. The minimum atomic E-state index is -0.154. The summed E-state index contributed by atoms with van der Waals surface area (Å²) in [4.78, 5) is 0. The van der Waals surface area contributed by atoms with Crippen LogP contribution in [0.4, 0.5) is 0 Å². The van der Waals surface area contributed by atoms with Gasteiger partial charge in [0, 0.05) is 0 Å². The lowest BCUT2D eigenvalue weighted by atomic mass is 9.38. The van der Waals surface area contributed by atoms with E-state index in [0.29, 0.717) is 40.4 Å². The second kappa shape index (κ2) is 9.21. The van der Waals surface area contributed by atoms with Gasteiger partial charge in [0.1, 0.15) is 7.28 Å². The highest BCUT2D eigenvalue weighted by Crippen LogP contribution is 2.70. The molecular weight excluding hydrogens is 391 g/mol. The molecule has 0 bridgehead atoms. The number of aliphatic hydroxyl groups excluding tert-OH is 2. The first-order valence-electron chi connectivity index (χ1n) is 14.6. The number of aliphatic hydroxyl groups is 2. The first-order chi connectivity index (χ1) is 15.4. The predicted octanol–water partition coefficient (Wildman–Crippen LogP) is 7.02. The highest BCUT2D eigenvalue weighted by molar-refractivity contribution is 6.40. The Labute approximate surface area is 199 Å². The van der Waals surface area contributed by atoms with Gasteiger partial charge in [0.25, 0.3) is 0 Å². The topological polar surface area (TPSA) is 40.5 Å². The molecule has 0 aromatic rings. The molecule has 5 aliphatic carbocycles. The van der Waals surface area contributed by atoms with E-state index in [2.05, 4.69) is 28.1 Å². The van der Waals surface area contributed by atoms with Crippen molar-refractivity contribution in [1.29, 1.82) is 0 Å². The van der Waals surface area contributed by atoms with E-state index in [9.17, 15) is 10.2 Å². The van der Waals surface area contributed by atoms with Crippen molar-refractivity contribution in [2.24, 2.45) is 40.4 Å². The van der Waals surface area contributed by atoms with Crippen LogP contribution in [0.15, 0.2) is 0 Å². The molecule has 0 aromatic heterocycles. The Kier molecular flexibility index (Phi) is 6.83. The van der Waals surface area contributed by atoms with Gasteiger partial charge in [-0.1, -0.05) is 90.2 Å². The van der Waals surface area contributed by atoms with Crippen molar-refractivity contribution in [1.82, 2.24) is 0 Å². The lowest BCUT2D eigenvalue weighted by molar-refractivity contribution is -0.198. The van der Waals surface area contributed by atoms with Crippen LogP contribution in [0.3, 0.4) is 0 Å². The lowest BCUT2D eigenvalue weighted by Crippen LogP contribution is -2.62. The monoisotopic (exact) mass is 441 g/mol. The Morgan fingerprint density at radius 1 is 0.750 bits per heavy atom. The number of hydrogen-bond donors (Lipinski definition) is 2. The summed E-state index contributed by atoms with van der Waals surface area (Å²) < 4.78 is 0. The van der Waals surface area contributed by atoms with Crippen molar-refractivity contribution in [3.05, 3.63) is 0 Å². The molecule has 32 heavy (non-hydrogen) atoms. The molecule has 0 amide bonds. The van der Waals surface area contributed by atoms with Crippen LogP contribution in [0, 0.1) is 40.4 Å². The Balaban J connectivity index is 1.37. The molecule has 10 atom stereocenters. The lowest BCUT2D eigenvalue weighted by Gasteiger charge is -2.64. The standard InChI is InChI=1S/C29H50BO2/c1-4-21-24-18-20(31)14-16-28(24,2)23-15-17-29(3)22(26(23)27(21)32)12-13-25(29)30-19-10-8-6-5-7-9-11-19/h19-27,31-32H,4-18H2,1-3H3/t20-,21-,22+,23+,24+,25+,26+,27-,28-,29+/m1/s1. The summed E-state index contributed by atoms with van der Waals surface area (Å²) in [6.45, 7) is 7.47. The van der Waals surface area contributed by atoms with E-state index in [4.69, 9.17) is 0 Å². The van der Waals surface area contributed by atoms with Crippen LogP contribution in [0.2, 0.25) is 11.6 Å². The molecule has 2 N–H and O–H groups in total. The molecule has 0 spiro atoms. The van der Waals surface area contributed by atoms with Gasteiger partial charge in [-0.3, -0.25) is 0 Å². The first-order valence-corrected chi connectivity index (χ1v) is 14.6. The second-order valence-electron chi connectivity index (χ2n) is 13.4. The van der Waals surface area contributed by atoms with Gasteiger partial charge in [0.05, 0.1) is 12.2 Å². The second-order valence-corrected chi connectivity index (χ2v) is 13.4. The molecule has 5 fully saturated rings. The van der Waals surface area contributed by atoms with Gasteiger partial charge >= 0.3 is 0 Å². The van der Waals surface area contributed by atoms with Crippen molar-refractivity contribution < 1.29 is 10.2 Å². The average Bonchev–Trinajstić information content (AvgIpc) is 3.07. The van der Waals surface area contributed by atoms with Gasteiger partial charge < -0.3 is 10.2 Å². The molecule has 1 radical (unpaired) electrons. The SMILES string of the molecule is CC[C@H]1[C@@H](O)[C@@H]2[C@H](CC[C@]3(C)[C@@H]([B]C4CCCCCCC4)CC[C@@H]23)[C@@]2(C)CC[C@@H](O)C[C@@H]12. The van der Waals surface area contributed by atoms with Crippen molar-refractivity contribution >= 4 is 7.28 Å². The maximum Gasteiger partial charge on any atom is 0.118 e. The van der Waals surface area contributed by atoms with Crippen LogP contribution in [0.25, 0.3) is 0 Å². The fourth-order valence-corrected chi connectivity index (χ4v) is 10.3. The quantitative estimate of drug-likeness (QED) is 0.462. The Bertz CT molecular complexity index is 645. The maximum absolute atomic E-state index is 11.8. The summed E-state index contributed by atoms with van der Waals surface area (Å²) in [7, 11) is 2.85. The summed E-state index contributed by atoms with van der Waals surface area (Å²) in [5.41, 5.74) is 0.729. The molecule has 0 heterocycles. The summed E-state index contributed by atoms with van der Waals surface area (Å²) in [6.07, 6.45) is 19.3. The highest BCUT2D eigenvalue weighted by Gasteiger charge is 2.64. The molecule has 0 saturated heterocycles. The van der Waals surface area contributed by atoms with Gasteiger partial charge in [0.15, 0.2) is 0 Å². The number of rotatable bonds is 3. The number of hydrogen-bond acceptors (Lipinski definition) is 2. The van der Waals surface area contributed by atoms with Gasteiger partial charge in [-0.15, -0.1) is 0 Å². The zero-order valence-electron chi connectivity index (χ0n) is 21.3. The third-order valence-corrected chi connectivity index (χ3v) is 12.1. The summed E-state index contributed by atoms with van der Waals surface area (Å²) in [6, 6.07) is 0. The van der Waals surface area contributed by atoms with Gasteiger partial charge in [-0.25, -0.2) is 0 Å². The normalized spacial score (nSPS) is 52.3. The van der Waals surface area contributed by atoms with Crippen LogP contribution in [-0.4, -0.2) is 29.7 Å². The van der Waals surface area contributed by atoms with E-state index < -0.39 is 0 Å². The molecule has 5 rings (SSSR count). The van der Waals surface area contributed by atoms with E-state index in [1.54, 1.807) is 0 Å². The molecule has 5 saturated carbocycles. The molecule has 2 nitrogen and oxygen atoms in total. The molecule has 0 unspecified atom stereocenters. The zero-order chi connectivity index (χ0) is 22.5. The molecule has 181 valence electrons. The maximum atomic E-state index is 11.8. The third kappa shape index (κ3) is 3.84. The van der Waals surface area contributed by atoms with E-state index in [1.807, 2.05) is 0 Å². The fraction of sp³-hybridized carbons (Fsp3) is 1.00. The van der Waals surface area contributed by atoms with Crippen molar-refractivity contribution in [2.75, 3.05) is 0 Å². The highest BCUT2D eigenvalue weighted by atomic mass is 16.3. The Hall–Kier alpha value is -0.0151. The smallest absolute Gasteiger partial charge is 0.118 e. The van der Waals surface area contributed by atoms with Crippen LogP contribution < -0.4 is 0 Å². The van der Waals surface area contributed by atoms with Crippen LogP contribution >= 0.6 is 0 Å². The molecular formula is C29H50BO2. The Morgan fingerprint density at radius 3 is 2.12 bits per heavy atom. The third-order valence-electron chi connectivity index (χ3n) is 12.1. The Morgan fingerprint density at radius 2 is 1.41 bits per heavy atom. The summed E-state index contributed by atoms with van der Waals surface area (Å²) >= 11 is 0. The van der Waals surface area contributed by atoms with Gasteiger partial charge in [-0.2, -0.15) is 0 Å². The predicted molar refractivity (Wildman–Crippen MR) is 134 cm³/mol. The van der Waals surface area contributed by atoms with Crippen molar-refractivity contribution in [3.8, 4) is 0 Å². The minimum absolute atomic E-state index is 0.144. The van der Waals surface area contributed by atoms with Crippen LogP contribution in [0.1, 0.15) is 117 Å². The first kappa shape index (κ1) is 23.7. The van der Waals surface area contributed by atoms with Gasteiger partial charge in [0.2, 0.25) is 0 Å². The average molecular weight is 442 g/mol. The van der Waals surface area contributed by atoms with Crippen molar-refractivity contribution in [2.45, 2.75) is 141 Å². The zero-order valence-corrected chi connectivity index (χ0v) is 21.3. The van der Waals surface area contributed by atoms with Crippen LogP contribution in [-0.2, 0) is 0 Å². The van der Waals surface area contributed by atoms with E-state index in [0.717, 1.165) is 30.9 Å². The van der Waals surface area contributed by atoms with E-state index in [1.165, 1.54) is 77.0 Å². The minimum Gasteiger partial charge on any atom is -0.393 e. The number of fused-ring (bicyclic) bond motifs is 5. The largest absolute Gasteiger partial charge is 0.393 e.